The quantitative estimate of drug-likeness (QED) is 0.636. The molecular weight excluding hydrogens is 320 g/mol. The molecule has 0 radical (unpaired) electrons. The van der Waals surface area contributed by atoms with Gasteiger partial charge in [-0.3, -0.25) is 10.1 Å². The second-order valence-electron chi connectivity index (χ2n) is 6.52. The average Bonchev–Trinajstić information content (AvgIpc) is 3.26. The molecule has 1 saturated heterocycles. The first-order valence-corrected chi connectivity index (χ1v) is 9.06. The summed E-state index contributed by atoms with van der Waals surface area (Å²) in [6, 6.07) is 9.76. The van der Waals surface area contributed by atoms with Crippen molar-refractivity contribution in [2.75, 3.05) is 19.7 Å². The van der Waals surface area contributed by atoms with E-state index in [1.54, 1.807) is 6.08 Å². The van der Waals surface area contributed by atoms with Crippen LogP contribution in [0.4, 0.5) is 0 Å². The summed E-state index contributed by atoms with van der Waals surface area (Å²) in [5.74, 6) is 0.526. The highest BCUT2D eigenvalue weighted by atomic mass is 32.1. The highest BCUT2D eigenvalue weighted by molar-refractivity contribution is 7.80. The lowest BCUT2D eigenvalue weighted by atomic mass is 10.2. The smallest absolute Gasteiger partial charge is 0.250 e. The molecule has 1 N–H and O–H groups in total. The number of carbonyl (C=O) groups is 1. The molecule has 2 fully saturated rings. The molecule has 1 aliphatic carbocycles. The maximum atomic E-state index is 12.1. The molecule has 1 unspecified atom stereocenters. The Balaban J connectivity index is 1.53. The largest absolute Gasteiger partial charge is 0.376 e. The van der Waals surface area contributed by atoms with Gasteiger partial charge >= 0.3 is 0 Å². The number of carbonyl (C=O) groups excluding carboxylic acids is 1. The molecule has 0 bridgehead atoms. The summed E-state index contributed by atoms with van der Waals surface area (Å²) in [5, 5.41) is 3.35. The standard InChI is InChI=1S/C19H24N2O2S/c22-18(11-10-15-5-2-1-3-6-15)20-19(24)21(13-16-8-9-16)14-17-7-4-12-23-17/h1-3,5-6,10-11,16-17H,4,7-9,12-14H2,(H,20,22,24)/b11-10+. The van der Waals surface area contributed by atoms with Gasteiger partial charge in [0.25, 0.3) is 0 Å². The summed E-state index contributed by atoms with van der Waals surface area (Å²) < 4.78 is 5.72. The molecule has 1 amide bonds. The molecule has 128 valence electrons. The summed E-state index contributed by atoms with van der Waals surface area (Å²) in [6.45, 7) is 2.53. The van der Waals surface area contributed by atoms with E-state index in [2.05, 4.69) is 10.2 Å². The number of rotatable bonds is 6. The Kier molecular flexibility index (Phi) is 5.99. The zero-order valence-corrected chi connectivity index (χ0v) is 14.6. The molecule has 0 aromatic heterocycles. The average molecular weight is 344 g/mol. The minimum atomic E-state index is -0.183. The number of amides is 1. The second-order valence-corrected chi connectivity index (χ2v) is 6.91. The van der Waals surface area contributed by atoms with Gasteiger partial charge in [0.05, 0.1) is 6.10 Å². The van der Waals surface area contributed by atoms with Crippen molar-refractivity contribution in [1.29, 1.82) is 0 Å². The topological polar surface area (TPSA) is 41.6 Å². The SMILES string of the molecule is O=C(/C=C/c1ccccc1)NC(=S)N(CC1CC1)CC1CCCO1. The lowest BCUT2D eigenvalue weighted by Gasteiger charge is -2.27. The number of nitrogens with one attached hydrogen (secondary N) is 1. The summed E-state index contributed by atoms with van der Waals surface area (Å²) in [7, 11) is 0. The van der Waals surface area contributed by atoms with Crippen LogP contribution in [0.5, 0.6) is 0 Å². The van der Waals surface area contributed by atoms with E-state index in [0.717, 1.165) is 38.1 Å². The van der Waals surface area contributed by atoms with Crippen LogP contribution in [0.3, 0.4) is 0 Å². The Hall–Kier alpha value is -1.72. The van der Waals surface area contributed by atoms with E-state index >= 15 is 0 Å². The van der Waals surface area contributed by atoms with Crippen molar-refractivity contribution in [3.8, 4) is 0 Å². The van der Waals surface area contributed by atoms with Crippen molar-refractivity contribution < 1.29 is 9.53 Å². The van der Waals surface area contributed by atoms with Crippen LogP contribution in [0.1, 0.15) is 31.2 Å². The fourth-order valence-corrected chi connectivity index (χ4v) is 3.10. The molecule has 1 saturated carbocycles. The van der Waals surface area contributed by atoms with E-state index in [9.17, 15) is 4.79 Å². The Morgan fingerprint density at radius 3 is 2.71 bits per heavy atom. The number of hydrogen-bond acceptors (Lipinski definition) is 3. The Bertz CT molecular complexity index is 593. The van der Waals surface area contributed by atoms with Crippen molar-refractivity contribution in [3.63, 3.8) is 0 Å². The lowest BCUT2D eigenvalue weighted by Crippen LogP contribution is -2.46. The molecular formula is C19H24N2O2S. The van der Waals surface area contributed by atoms with E-state index in [1.807, 2.05) is 30.3 Å². The van der Waals surface area contributed by atoms with Crippen LogP contribution in [0.15, 0.2) is 36.4 Å². The van der Waals surface area contributed by atoms with Crippen molar-refractivity contribution >= 4 is 29.3 Å². The van der Waals surface area contributed by atoms with Gasteiger partial charge in [-0.2, -0.15) is 0 Å². The van der Waals surface area contributed by atoms with Crippen LogP contribution in [0.25, 0.3) is 6.08 Å². The maximum Gasteiger partial charge on any atom is 0.250 e. The number of ether oxygens (including phenoxy) is 1. The Morgan fingerprint density at radius 2 is 2.04 bits per heavy atom. The molecule has 1 aromatic rings. The van der Waals surface area contributed by atoms with Crippen LogP contribution in [-0.2, 0) is 9.53 Å². The van der Waals surface area contributed by atoms with Gasteiger partial charge in [-0.1, -0.05) is 30.3 Å². The third kappa shape index (κ3) is 5.42. The summed E-state index contributed by atoms with van der Waals surface area (Å²) >= 11 is 5.47. The minimum Gasteiger partial charge on any atom is -0.376 e. The lowest BCUT2D eigenvalue weighted by molar-refractivity contribution is -0.115. The summed E-state index contributed by atoms with van der Waals surface area (Å²) in [4.78, 5) is 14.2. The molecule has 1 aromatic carbocycles. The summed E-state index contributed by atoms with van der Waals surface area (Å²) in [5.41, 5.74) is 0.993. The molecule has 5 heteroatoms. The van der Waals surface area contributed by atoms with Crippen molar-refractivity contribution in [1.82, 2.24) is 10.2 Å². The van der Waals surface area contributed by atoms with Crippen LogP contribution in [0.2, 0.25) is 0 Å². The highest BCUT2D eigenvalue weighted by Crippen LogP contribution is 2.30. The fourth-order valence-electron chi connectivity index (χ4n) is 2.85. The predicted octanol–water partition coefficient (Wildman–Crippen LogP) is 2.99. The van der Waals surface area contributed by atoms with Gasteiger partial charge in [-0.15, -0.1) is 0 Å². The first kappa shape index (κ1) is 17.1. The Morgan fingerprint density at radius 1 is 1.25 bits per heavy atom. The van der Waals surface area contributed by atoms with E-state index < -0.39 is 0 Å². The first-order valence-electron chi connectivity index (χ1n) is 8.65. The Labute approximate surface area is 148 Å². The number of benzene rings is 1. The van der Waals surface area contributed by atoms with Gasteiger partial charge in [-0.05, 0) is 55.5 Å². The van der Waals surface area contributed by atoms with E-state index in [-0.39, 0.29) is 12.0 Å². The summed E-state index contributed by atoms with van der Waals surface area (Å²) in [6.07, 6.45) is 8.26. The molecule has 24 heavy (non-hydrogen) atoms. The molecule has 3 rings (SSSR count). The van der Waals surface area contributed by atoms with Crippen LogP contribution >= 0.6 is 12.2 Å². The zero-order valence-electron chi connectivity index (χ0n) is 13.8. The predicted molar refractivity (Wildman–Crippen MR) is 99.5 cm³/mol. The van der Waals surface area contributed by atoms with E-state index in [4.69, 9.17) is 17.0 Å². The van der Waals surface area contributed by atoms with Crippen LogP contribution in [0, 0.1) is 5.92 Å². The highest BCUT2D eigenvalue weighted by Gasteiger charge is 2.28. The van der Waals surface area contributed by atoms with E-state index in [0.29, 0.717) is 11.0 Å². The minimum absolute atomic E-state index is 0.183. The molecule has 2 aliphatic rings. The van der Waals surface area contributed by atoms with Gasteiger partial charge in [-0.25, -0.2) is 0 Å². The van der Waals surface area contributed by atoms with Crippen LogP contribution < -0.4 is 5.32 Å². The zero-order chi connectivity index (χ0) is 16.8. The third-order valence-corrected chi connectivity index (χ3v) is 4.73. The second kappa shape index (κ2) is 8.40. The third-order valence-electron chi connectivity index (χ3n) is 4.37. The fraction of sp³-hybridized carbons (Fsp3) is 0.474. The molecule has 0 spiro atoms. The van der Waals surface area contributed by atoms with Crippen molar-refractivity contribution in [2.45, 2.75) is 31.8 Å². The first-order chi connectivity index (χ1) is 11.7. The number of nitrogens with zero attached hydrogens (tertiary/aromatic N) is 1. The molecule has 1 aliphatic heterocycles. The van der Waals surface area contributed by atoms with Crippen molar-refractivity contribution in [2.24, 2.45) is 5.92 Å². The van der Waals surface area contributed by atoms with Gasteiger partial charge in [0.1, 0.15) is 0 Å². The number of thiocarbonyl (C=S) groups is 1. The number of hydrogen-bond donors (Lipinski definition) is 1. The van der Waals surface area contributed by atoms with Gasteiger partial charge in [0.2, 0.25) is 5.91 Å². The van der Waals surface area contributed by atoms with Gasteiger partial charge < -0.3 is 9.64 Å². The molecule has 4 nitrogen and oxygen atoms in total. The molecule has 1 heterocycles. The van der Waals surface area contributed by atoms with Gasteiger partial charge in [0, 0.05) is 25.8 Å². The van der Waals surface area contributed by atoms with Crippen molar-refractivity contribution in [3.05, 3.63) is 42.0 Å². The van der Waals surface area contributed by atoms with E-state index in [1.165, 1.54) is 18.9 Å². The maximum absolute atomic E-state index is 12.1. The van der Waals surface area contributed by atoms with Crippen LogP contribution in [-0.4, -0.2) is 41.7 Å². The van der Waals surface area contributed by atoms with Gasteiger partial charge in [0.15, 0.2) is 5.11 Å². The molecule has 1 atom stereocenters. The monoisotopic (exact) mass is 344 g/mol. The normalized spacial score (nSPS) is 20.2.